The number of amides is 2. The molecule has 0 radical (unpaired) electrons. The van der Waals surface area contributed by atoms with Crippen LogP contribution in [0.1, 0.15) is 37.0 Å². The van der Waals surface area contributed by atoms with E-state index in [9.17, 15) is 22.4 Å². The molecule has 0 aliphatic carbocycles. The van der Waals surface area contributed by atoms with Crippen molar-refractivity contribution in [1.29, 1.82) is 0 Å². The summed E-state index contributed by atoms with van der Waals surface area (Å²) in [7, 11) is -3.98. The topological polar surface area (TPSA) is 86.8 Å². The van der Waals surface area contributed by atoms with Crippen LogP contribution in [0, 0.1) is 12.7 Å². The first-order valence-corrected chi connectivity index (χ1v) is 15.2. The minimum absolute atomic E-state index is 0.0430. The number of anilines is 1. The molecule has 0 aliphatic heterocycles. The molecule has 2 amide bonds. The van der Waals surface area contributed by atoms with E-state index in [0.29, 0.717) is 6.42 Å². The zero-order valence-electron chi connectivity index (χ0n) is 23.1. The number of sulfonamides is 1. The monoisotopic (exact) mass is 587 g/mol. The van der Waals surface area contributed by atoms with Crippen molar-refractivity contribution in [2.75, 3.05) is 17.1 Å². The number of benzene rings is 3. The Bertz CT molecular complexity index is 1440. The highest BCUT2D eigenvalue weighted by molar-refractivity contribution is 7.92. The van der Waals surface area contributed by atoms with Gasteiger partial charge in [-0.1, -0.05) is 78.7 Å². The third-order valence-corrected chi connectivity index (χ3v) is 8.01. The lowest BCUT2D eigenvalue weighted by molar-refractivity contribution is -0.140. The molecule has 0 saturated heterocycles. The molecule has 0 aliphatic rings. The van der Waals surface area contributed by atoms with Crippen molar-refractivity contribution in [3.05, 3.63) is 100 Å². The van der Waals surface area contributed by atoms with Crippen LogP contribution in [0.3, 0.4) is 0 Å². The maximum absolute atomic E-state index is 14.0. The summed E-state index contributed by atoms with van der Waals surface area (Å²) in [5.41, 5.74) is 2.66. The van der Waals surface area contributed by atoms with E-state index in [1.807, 2.05) is 75.4 Å². The fourth-order valence-electron chi connectivity index (χ4n) is 4.26. The molecule has 3 rings (SSSR count). The minimum Gasteiger partial charge on any atom is -0.352 e. The fraction of sp³-hybridized carbons (Fsp3) is 0.333. The second kappa shape index (κ2) is 13.8. The van der Waals surface area contributed by atoms with Gasteiger partial charge in [0.15, 0.2) is 0 Å². The summed E-state index contributed by atoms with van der Waals surface area (Å²) >= 11 is 5.93. The molecule has 3 aromatic carbocycles. The number of hydrogen-bond donors (Lipinski definition) is 1. The lowest BCUT2D eigenvalue weighted by Gasteiger charge is -2.34. The fourth-order valence-corrected chi connectivity index (χ4v) is 5.27. The van der Waals surface area contributed by atoms with Crippen molar-refractivity contribution >= 4 is 39.1 Å². The van der Waals surface area contributed by atoms with E-state index in [2.05, 4.69) is 5.32 Å². The Balaban J connectivity index is 2.07. The molecule has 1 N–H and O–H groups in total. The van der Waals surface area contributed by atoms with Crippen LogP contribution in [0.4, 0.5) is 10.1 Å². The lowest BCUT2D eigenvalue weighted by atomic mass is 10.0. The van der Waals surface area contributed by atoms with Crippen molar-refractivity contribution in [3.8, 4) is 0 Å². The zero-order valence-corrected chi connectivity index (χ0v) is 24.7. The standard InChI is InChI=1S/C30H35ClFN3O4S/c1-5-22(3)33-30(37)28(17-23-11-7-6-8-12-23)34(19-24-13-9-10-21(2)16-24)29(36)20-35(40(4,38)39)25-14-15-27(32)26(31)18-25/h6-16,18,22,28H,5,17,19-20H2,1-4H3,(H,33,37)/t22-,28-/m0/s1. The van der Waals surface area contributed by atoms with Crippen LogP contribution in [-0.2, 0) is 32.6 Å². The first-order chi connectivity index (χ1) is 18.9. The van der Waals surface area contributed by atoms with E-state index >= 15 is 0 Å². The van der Waals surface area contributed by atoms with Gasteiger partial charge in [-0.25, -0.2) is 12.8 Å². The van der Waals surface area contributed by atoms with E-state index < -0.39 is 34.3 Å². The van der Waals surface area contributed by atoms with Gasteiger partial charge in [0.2, 0.25) is 21.8 Å². The summed E-state index contributed by atoms with van der Waals surface area (Å²) < 4.78 is 40.3. The molecular weight excluding hydrogens is 553 g/mol. The highest BCUT2D eigenvalue weighted by atomic mass is 35.5. The highest BCUT2D eigenvalue weighted by Gasteiger charge is 2.33. The Labute approximate surface area is 241 Å². The number of carbonyl (C=O) groups excluding carboxylic acids is 2. The average molecular weight is 588 g/mol. The van der Waals surface area contributed by atoms with Crippen LogP contribution in [0.2, 0.25) is 5.02 Å². The quantitative estimate of drug-likeness (QED) is 0.319. The number of nitrogens with one attached hydrogen (secondary N) is 1. The molecule has 0 heterocycles. The van der Waals surface area contributed by atoms with E-state index in [1.54, 1.807) is 0 Å². The molecule has 0 aromatic heterocycles. The van der Waals surface area contributed by atoms with Gasteiger partial charge in [0.05, 0.1) is 17.0 Å². The van der Waals surface area contributed by atoms with E-state index in [1.165, 1.54) is 11.0 Å². The SMILES string of the molecule is CC[C@H](C)NC(=O)[C@H](Cc1ccccc1)N(Cc1cccc(C)c1)C(=O)CN(c1ccc(F)c(Cl)c1)S(C)(=O)=O. The molecule has 0 saturated carbocycles. The molecular formula is C30H35ClFN3O4S. The Kier molecular flexibility index (Phi) is 10.7. The third kappa shape index (κ3) is 8.53. The molecule has 10 heteroatoms. The summed E-state index contributed by atoms with van der Waals surface area (Å²) in [6.07, 6.45) is 1.88. The first-order valence-electron chi connectivity index (χ1n) is 13.0. The summed E-state index contributed by atoms with van der Waals surface area (Å²) in [5, 5.41) is 2.71. The van der Waals surface area contributed by atoms with Gasteiger partial charge >= 0.3 is 0 Å². The molecule has 3 aromatic rings. The van der Waals surface area contributed by atoms with E-state index in [-0.39, 0.29) is 35.6 Å². The van der Waals surface area contributed by atoms with Gasteiger partial charge in [-0.05, 0) is 49.6 Å². The van der Waals surface area contributed by atoms with Crippen molar-refractivity contribution in [1.82, 2.24) is 10.2 Å². The van der Waals surface area contributed by atoms with Crippen LogP contribution in [0.25, 0.3) is 0 Å². The van der Waals surface area contributed by atoms with Crippen molar-refractivity contribution in [3.63, 3.8) is 0 Å². The predicted molar refractivity (Wildman–Crippen MR) is 157 cm³/mol. The van der Waals surface area contributed by atoms with Gasteiger partial charge in [-0.3, -0.25) is 13.9 Å². The Morgan fingerprint density at radius 1 is 1.00 bits per heavy atom. The predicted octanol–water partition coefficient (Wildman–Crippen LogP) is 5.11. The number of halogens is 2. The lowest BCUT2D eigenvalue weighted by Crippen LogP contribution is -2.54. The number of rotatable bonds is 12. The van der Waals surface area contributed by atoms with Gasteiger partial charge in [-0.15, -0.1) is 0 Å². The summed E-state index contributed by atoms with van der Waals surface area (Å²) in [4.78, 5) is 29.1. The summed E-state index contributed by atoms with van der Waals surface area (Å²) in [6.45, 7) is 5.23. The largest absolute Gasteiger partial charge is 0.352 e. The third-order valence-electron chi connectivity index (χ3n) is 6.58. The normalized spacial score (nSPS) is 12.8. The van der Waals surface area contributed by atoms with Gasteiger partial charge < -0.3 is 10.2 Å². The molecule has 40 heavy (non-hydrogen) atoms. The summed E-state index contributed by atoms with van der Waals surface area (Å²) in [6, 6.07) is 19.3. The van der Waals surface area contributed by atoms with Crippen molar-refractivity contribution in [2.45, 2.75) is 52.2 Å². The Morgan fingerprint density at radius 3 is 2.27 bits per heavy atom. The molecule has 7 nitrogen and oxygen atoms in total. The van der Waals surface area contributed by atoms with E-state index in [0.717, 1.165) is 39.4 Å². The number of hydrogen-bond acceptors (Lipinski definition) is 4. The number of nitrogens with zero attached hydrogens (tertiary/aromatic N) is 2. The highest BCUT2D eigenvalue weighted by Crippen LogP contribution is 2.25. The van der Waals surface area contributed by atoms with Crippen LogP contribution < -0.4 is 9.62 Å². The van der Waals surface area contributed by atoms with Crippen LogP contribution >= 0.6 is 11.6 Å². The molecule has 0 unspecified atom stereocenters. The van der Waals surface area contributed by atoms with Gasteiger partial charge in [0, 0.05) is 19.0 Å². The number of carbonyl (C=O) groups is 2. The van der Waals surface area contributed by atoms with Gasteiger partial charge in [-0.2, -0.15) is 0 Å². The van der Waals surface area contributed by atoms with Crippen LogP contribution in [-0.4, -0.2) is 50.0 Å². The number of aryl methyl sites for hydroxylation is 1. The molecule has 214 valence electrons. The smallest absolute Gasteiger partial charge is 0.244 e. The van der Waals surface area contributed by atoms with Crippen molar-refractivity contribution < 1.29 is 22.4 Å². The molecule has 0 bridgehead atoms. The average Bonchev–Trinajstić information content (AvgIpc) is 2.90. The minimum atomic E-state index is -3.98. The molecule has 0 spiro atoms. The van der Waals surface area contributed by atoms with Gasteiger partial charge in [0.25, 0.3) is 0 Å². The maximum Gasteiger partial charge on any atom is 0.244 e. The Hall–Kier alpha value is -3.43. The van der Waals surface area contributed by atoms with E-state index in [4.69, 9.17) is 11.6 Å². The molecule has 0 fully saturated rings. The summed E-state index contributed by atoms with van der Waals surface area (Å²) in [5.74, 6) is -1.64. The van der Waals surface area contributed by atoms with Gasteiger partial charge in [0.1, 0.15) is 18.4 Å². The van der Waals surface area contributed by atoms with Crippen LogP contribution in [0.5, 0.6) is 0 Å². The first kappa shape index (κ1) is 31.1. The maximum atomic E-state index is 14.0. The van der Waals surface area contributed by atoms with Crippen LogP contribution in [0.15, 0.2) is 72.8 Å². The second-order valence-electron chi connectivity index (χ2n) is 9.90. The molecule has 2 atom stereocenters. The zero-order chi connectivity index (χ0) is 29.4. The van der Waals surface area contributed by atoms with Crippen molar-refractivity contribution in [2.24, 2.45) is 0 Å². The Morgan fingerprint density at radius 2 is 1.68 bits per heavy atom. The second-order valence-corrected chi connectivity index (χ2v) is 12.2.